The van der Waals surface area contributed by atoms with Gasteiger partial charge < -0.3 is 9.47 Å². The fourth-order valence-electron chi connectivity index (χ4n) is 2.28. The van der Waals surface area contributed by atoms with Crippen molar-refractivity contribution in [3.63, 3.8) is 0 Å². The molecule has 0 spiro atoms. The van der Waals surface area contributed by atoms with Gasteiger partial charge in [0.05, 0.1) is 6.10 Å². The monoisotopic (exact) mass is 273 g/mol. The lowest BCUT2D eigenvalue weighted by Gasteiger charge is -2.33. The highest BCUT2D eigenvalue weighted by Crippen LogP contribution is 2.27. The zero-order valence-electron chi connectivity index (χ0n) is 12.5. The van der Waals surface area contributed by atoms with Crippen LogP contribution in [-0.2, 0) is 4.74 Å². The molecule has 20 heavy (non-hydrogen) atoms. The van der Waals surface area contributed by atoms with E-state index in [1.807, 2.05) is 25.3 Å². The van der Waals surface area contributed by atoms with Crippen LogP contribution in [0.3, 0.4) is 0 Å². The Bertz CT molecular complexity index is 470. The van der Waals surface area contributed by atoms with E-state index >= 15 is 0 Å². The first-order valence-electron chi connectivity index (χ1n) is 7.25. The van der Waals surface area contributed by atoms with Crippen LogP contribution in [0.5, 0.6) is 5.88 Å². The standard InChI is InChI=1S/C17H23NO2/c1-4-6-13(7-5-2)14-8-9-17(18-12-14)20-16-10-15(11-16)19-3/h4,6-9,12,15-16H,5,10-11H2,1-3H3/b6-4-,13-7+. The van der Waals surface area contributed by atoms with Gasteiger partial charge in [-0.2, -0.15) is 0 Å². The molecule has 0 N–H and O–H groups in total. The van der Waals surface area contributed by atoms with Crippen molar-refractivity contribution in [1.29, 1.82) is 0 Å². The number of nitrogens with zero attached hydrogens (tertiary/aromatic N) is 1. The maximum atomic E-state index is 5.81. The Kier molecular flexibility index (Phi) is 5.36. The molecular weight excluding hydrogens is 250 g/mol. The average molecular weight is 273 g/mol. The van der Waals surface area contributed by atoms with Gasteiger partial charge in [-0.15, -0.1) is 0 Å². The Hall–Kier alpha value is -1.61. The van der Waals surface area contributed by atoms with Gasteiger partial charge in [0.25, 0.3) is 0 Å². The van der Waals surface area contributed by atoms with Crippen molar-refractivity contribution in [3.05, 3.63) is 42.1 Å². The van der Waals surface area contributed by atoms with Crippen LogP contribution in [0, 0.1) is 0 Å². The van der Waals surface area contributed by atoms with E-state index < -0.39 is 0 Å². The number of allylic oxidation sites excluding steroid dienone is 4. The van der Waals surface area contributed by atoms with Crippen molar-refractivity contribution in [1.82, 2.24) is 4.98 Å². The van der Waals surface area contributed by atoms with Gasteiger partial charge in [-0.3, -0.25) is 0 Å². The molecule has 1 aliphatic rings. The summed E-state index contributed by atoms with van der Waals surface area (Å²) in [6.45, 7) is 4.16. The Morgan fingerprint density at radius 3 is 2.70 bits per heavy atom. The second-order valence-electron chi connectivity index (χ2n) is 5.02. The summed E-state index contributed by atoms with van der Waals surface area (Å²) in [4.78, 5) is 4.40. The third-order valence-corrected chi connectivity index (χ3v) is 3.51. The summed E-state index contributed by atoms with van der Waals surface area (Å²) < 4.78 is 11.1. The van der Waals surface area contributed by atoms with E-state index in [0.717, 1.165) is 24.8 Å². The lowest BCUT2D eigenvalue weighted by molar-refractivity contribution is -0.0396. The van der Waals surface area contributed by atoms with Gasteiger partial charge in [0.2, 0.25) is 5.88 Å². The molecule has 108 valence electrons. The van der Waals surface area contributed by atoms with Gasteiger partial charge in [0.15, 0.2) is 0 Å². The molecule has 0 amide bonds. The van der Waals surface area contributed by atoms with Crippen molar-refractivity contribution in [3.8, 4) is 5.88 Å². The SMILES string of the molecule is C/C=C\C(=C/CC)c1ccc(OC2CC(OC)C2)nc1. The lowest BCUT2D eigenvalue weighted by Crippen LogP contribution is -2.38. The molecule has 1 aliphatic carbocycles. The first-order valence-corrected chi connectivity index (χ1v) is 7.25. The van der Waals surface area contributed by atoms with Gasteiger partial charge in [-0.05, 0) is 30.5 Å². The number of rotatable bonds is 6. The van der Waals surface area contributed by atoms with Crippen LogP contribution < -0.4 is 4.74 Å². The van der Waals surface area contributed by atoms with Gasteiger partial charge in [-0.1, -0.05) is 25.2 Å². The van der Waals surface area contributed by atoms with E-state index in [0.29, 0.717) is 12.0 Å². The van der Waals surface area contributed by atoms with Crippen LogP contribution in [0.1, 0.15) is 38.7 Å². The number of ether oxygens (including phenoxy) is 2. The molecule has 2 rings (SSSR count). The molecular formula is C17H23NO2. The predicted molar refractivity (Wildman–Crippen MR) is 81.8 cm³/mol. The van der Waals surface area contributed by atoms with E-state index in [1.54, 1.807) is 7.11 Å². The van der Waals surface area contributed by atoms with Crippen molar-refractivity contribution < 1.29 is 9.47 Å². The Labute approximate surface area is 121 Å². The van der Waals surface area contributed by atoms with E-state index in [2.05, 4.69) is 30.1 Å². The van der Waals surface area contributed by atoms with Crippen LogP contribution >= 0.6 is 0 Å². The summed E-state index contributed by atoms with van der Waals surface area (Å²) in [5.74, 6) is 0.699. The van der Waals surface area contributed by atoms with E-state index in [9.17, 15) is 0 Å². The van der Waals surface area contributed by atoms with Crippen LogP contribution in [0.2, 0.25) is 0 Å². The van der Waals surface area contributed by atoms with Crippen molar-refractivity contribution >= 4 is 5.57 Å². The summed E-state index contributed by atoms with van der Waals surface area (Å²) in [6, 6.07) is 4.01. The average Bonchev–Trinajstić information content (AvgIpc) is 2.43. The van der Waals surface area contributed by atoms with Crippen LogP contribution in [-0.4, -0.2) is 24.3 Å². The zero-order chi connectivity index (χ0) is 14.4. The zero-order valence-corrected chi connectivity index (χ0v) is 12.5. The molecule has 1 saturated carbocycles. The molecule has 0 radical (unpaired) electrons. The number of methoxy groups -OCH3 is 1. The topological polar surface area (TPSA) is 31.4 Å². The minimum absolute atomic E-state index is 0.250. The molecule has 0 saturated heterocycles. The van der Waals surface area contributed by atoms with Crippen molar-refractivity contribution in [2.45, 2.75) is 45.3 Å². The number of hydrogen-bond acceptors (Lipinski definition) is 3. The van der Waals surface area contributed by atoms with Gasteiger partial charge in [0.1, 0.15) is 6.10 Å². The fraction of sp³-hybridized carbons (Fsp3) is 0.471. The lowest BCUT2D eigenvalue weighted by atomic mass is 9.92. The molecule has 0 unspecified atom stereocenters. The third-order valence-electron chi connectivity index (χ3n) is 3.51. The third kappa shape index (κ3) is 3.70. The summed E-state index contributed by atoms with van der Waals surface area (Å²) in [5.41, 5.74) is 2.33. The predicted octanol–water partition coefficient (Wildman–Crippen LogP) is 4.01. The smallest absolute Gasteiger partial charge is 0.213 e. The number of aromatic nitrogens is 1. The number of hydrogen-bond donors (Lipinski definition) is 0. The quantitative estimate of drug-likeness (QED) is 0.734. The van der Waals surface area contributed by atoms with Crippen molar-refractivity contribution in [2.24, 2.45) is 0 Å². The van der Waals surface area contributed by atoms with E-state index in [-0.39, 0.29) is 6.10 Å². The highest BCUT2D eigenvalue weighted by Gasteiger charge is 2.30. The second-order valence-corrected chi connectivity index (χ2v) is 5.02. The molecule has 1 aromatic rings. The summed E-state index contributed by atoms with van der Waals surface area (Å²) in [5, 5.41) is 0. The molecule has 1 heterocycles. The molecule has 3 nitrogen and oxygen atoms in total. The highest BCUT2D eigenvalue weighted by molar-refractivity contribution is 5.73. The van der Waals surface area contributed by atoms with Gasteiger partial charge in [-0.25, -0.2) is 4.98 Å². The maximum Gasteiger partial charge on any atom is 0.213 e. The first-order chi connectivity index (χ1) is 9.76. The van der Waals surface area contributed by atoms with E-state index in [1.165, 1.54) is 5.57 Å². The summed E-state index contributed by atoms with van der Waals surface area (Å²) >= 11 is 0. The molecule has 1 fully saturated rings. The van der Waals surface area contributed by atoms with Crippen LogP contribution in [0.4, 0.5) is 0 Å². The molecule has 3 heteroatoms. The Balaban J connectivity index is 1.97. The molecule has 0 aliphatic heterocycles. The maximum absolute atomic E-state index is 5.81. The van der Waals surface area contributed by atoms with Gasteiger partial charge >= 0.3 is 0 Å². The molecule has 0 atom stereocenters. The second kappa shape index (κ2) is 7.25. The largest absolute Gasteiger partial charge is 0.474 e. The Morgan fingerprint density at radius 1 is 1.35 bits per heavy atom. The highest BCUT2D eigenvalue weighted by atomic mass is 16.5. The Morgan fingerprint density at radius 2 is 2.15 bits per heavy atom. The molecule has 0 aromatic carbocycles. The van der Waals surface area contributed by atoms with Gasteiger partial charge in [0, 0.05) is 32.2 Å². The molecule has 1 aromatic heterocycles. The minimum Gasteiger partial charge on any atom is -0.474 e. The van der Waals surface area contributed by atoms with Crippen LogP contribution in [0.25, 0.3) is 5.57 Å². The van der Waals surface area contributed by atoms with E-state index in [4.69, 9.17) is 9.47 Å². The fourth-order valence-corrected chi connectivity index (χ4v) is 2.28. The normalized spacial score (nSPS) is 22.9. The molecule has 0 bridgehead atoms. The first kappa shape index (κ1) is 14.8. The van der Waals surface area contributed by atoms with Crippen molar-refractivity contribution in [2.75, 3.05) is 7.11 Å². The van der Waals surface area contributed by atoms with Crippen LogP contribution in [0.15, 0.2) is 36.6 Å². The summed E-state index contributed by atoms with van der Waals surface area (Å²) in [7, 11) is 1.75. The number of pyridine rings is 1. The minimum atomic E-state index is 0.250. The summed E-state index contributed by atoms with van der Waals surface area (Å²) in [6.07, 6.45) is 11.8.